The second-order valence-corrected chi connectivity index (χ2v) is 3.88. The minimum atomic E-state index is -0.822. The van der Waals surface area contributed by atoms with Crippen LogP contribution in [0.5, 0.6) is 0 Å². The van der Waals surface area contributed by atoms with Crippen molar-refractivity contribution in [3.8, 4) is 0 Å². The third-order valence-electron chi connectivity index (χ3n) is 2.91. The maximum atomic E-state index is 11.2. The number of aliphatic carboxylic acids is 1. The van der Waals surface area contributed by atoms with Gasteiger partial charge in [-0.05, 0) is 39.3 Å². The summed E-state index contributed by atoms with van der Waals surface area (Å²) in [6.07, 6.45) is 0.582. The van der Waals surface area contributed by atoms with Crippen LogP contribution in [0.1, 0.15) is 31.7 Å². The van der Waals surface area contributed by atoms with Crippen LogP contribution < -0.4 is 0 Å². The van der Waals surface area contributed by atoms with Crippen LogP contribution in [-0.2, 0) is 10.3 Å². The van der Waals surface area contributed by atoms with Crippen molar-refractivity contribution in [3.05, 3.63) is 23.5 Å². The van der Waals surface area contributed by atoms with Crippen LogP contribution in [0.3, 0.4) is 0 Å². The van der Waals surface area contributed by atoms with E-state index in [4.69, 9.17) is 0 Å². The van der Waals surface area contributed by atoms with Gasteiger partial charge in [-0.2, -0.15) is 0 Å². The molecule has 0 saturated heterocycles. The van der Waals surface area contributed by atoms with Gasteiger partial charge in [0, 0.05) is 11.4 Å². The molecule has 14 heavy (non-hydrogen) atoms. The van der Waals surface area contributed by atoms with E-state index in [1.807, 2.05) is 37.5 Å². The van der Waals surface area contributed by atoms with E-state index in [0.29, 0.717) is 6.42 Å². The molecule has 3 nitrogen and oxygen atoms in total. The fourth-order valence-electron chi connectivity index (χ4n) is 1.85. The highest BCUT2D eigenvalue weighted by atomic mass is 16.4. The summed E-state index contributed by atoms with van der Waals surface area (Å²) in [5, 5.41) is 9.23. The fraction of sp³-hybridized carbons (Fsp3) is 0.545. The third-order valence-corrected chi connectivity index (χ3v) is 2.91. The van der Waals surface area contributed by atoms with Crippen LogP contribution in [0.15, 0.2) is 12.1 Å². The highest BCUT2D eigenvalue weighted by Crippen LogP contribution is 2.25. The summed E-state index contributed by atoms with van der Waals surface area (Å²) in [7, 11) is 0. The first kappa shape index (κ1) is 10.8. The number of aromatic nitrogens is 1. The molecule has 78 valence electrons. The van der Waals surface area contributed by atoms with E-state index >= 15 is 0 Å². The lowest BCUT2D eigenvalue weighted by Gasteiger charge is -2.28. The number of carboxylic acid groups (broad SMARTS) is 1. The summed E-state index contributed by atoms with van der Waals surface area (Å²) in [6, 6.07) is 3.90. The Kier molecular flexibility index (Phi) is 2.69. The van der Waals surface area contributed by atoms with E-state index in [2.05, 4.69) is 0 Å². The van der Waals surface area contributed by atoms with Gasteiger partial charge in [-0.1, -0.05) is 6.92 Å². The Morgan fingerprint density at radius 2 is 1.86 bits per heavy atom. The van der Waals surface area contributed by atoms with Gasteiger partial charge in [-0.15, -0.1) is 0 Å². The Morgan fingerprint density at radius 3 is 2.14 bits per heavy atom. The Bertz CT molecular complexity index is 335. The average Bonchev–Trinajstić information content (AvgIpc) is 2.45. The molecule has 1 aromatic heterocycles. The molecular weight excluding hydrogens is 178 g/mol. The van der Waals surface area contributed by atoms with Gasteiger partial charge in [-0.25, -0.2) is 4.79 Å². The lowest BCUT2D eigenvalue weighted by Crippen LogP contribution is -2.39. The molecule has 1 atom stereocenters. The average molecular weight is 195 g/mol. The van der Waals surface area contributed by atoms with Gasteiger partial charge in [0.05, 0.1) is 0 Å². The summed E-state index contributed by atoms with van der Waals surface area (Å²) in [4.78, 5) is 11.2. The molecule has 0 radical (unpaired) electrons. The van der Waals surface area contributed by atoms with E-state index in [0.717, 1.165) is 11.4 Å². The van der Waals surface area contributed by atoms with Crippen LogP contribution in [0.25, 0.3) is 0 Å². The summed E-state index contributed by atoms with van der Waals surface area (Å²) in [6.45, 7) is 7.52. The number of aryl methyl sites for hydroxylation is 2. The maximum absolute atomic E-state index is 11.2. The van der Waals surface area contributed by atoms with Crippen LogP contribution in [-0.4, -0.2) is 15.6 Å². The molecular formula is C11H17NO2. The number of hydrogen-bond donors (Lipinski definition) is 1. The number of hydrogen-bond acceptors (Lipinski definition) is 1. The molecule has 0 saturated carbocycles. The van der Waals surface area contributed by atoms with Gasteiger partial charge in [0.2, 0.25) is 0 Å². The lowest BCUT2D eigenvalue weighted by molar-refractivity contribution is -0.147. The number of carbonyl (C=O) groups is 1. The highest BCUT2D eigenvalue weighted by Gasteiger charge is 2.34. The van der Waals surface area contributed by atoms with Crippen molar-refractivity contribution in [2.24, 2.45) is 0 Å². The molecule has 1 heterocycles. The molecule has 0 amide bonds. The second kappa shape index (κ2) is 3.48. The van der Waals surface area contributed by atoms with Gasteiger partial charge < -0.3 is 9.67 Å². The fourth-order valence-corrected chi connectivity index (χ4v) is 1.85. The number of carboxylic acids is 1. The first-order chi connectivity index (χ1) is 6.43. The zero-order chi connectivity index (χ0) is 10.9. The summed E-state index contributed by atoms with van der Waals surface area (Å²) in [5.41, 5.74) is 1.17. The largest absolute Gasteiger partial charge is 0.479 e. The number of rotatable bonds is 3. The van der Waals surface area contributed by atoms with Crippen molar-refractivity contribution in [1.82, 2.24) is 4.57 Å². The molecule has 1 aromatic rings. The SMILES string of the molecule is CCC(C)(C(=O)O)n1c(C)ccc1C. The predicted molar refractivity (Wildman–Crippen MR) is 55.5 cm³/mol. The van der Waals surface area contributed by atoms with Crippen molar-refractivity contribution in [2.45, 2.75) is 39.7 Å². The summed E-state index contributed by atoms with van der Waals surface area (Å²) in [5.74, 6) is -0.776. The van der Waals surface area contributed by atoms with E-state index < -0.39 is 11.5 Å². The molecule has 3 heteroatoms. The third kappa shape index (κ3) is 1.43. The van der Waals surface area contributed by atoms with E-state index in [1.165, 1.54) is 0 Å². The summed E-state index contributed by atoms with van der Waals surface area (Å²) < 4.78 is 1.88. The smallest absolute Gasteiger partial charge is 0.329 e. The van der Waals surface area contributed by atoms with Gasteiger partial charge in [0.15, 0.2) is 0 Å². The normalized spacial score (nSPS) is 15.1. The van der Waals surface area contributed by atoms with E-state index in [9.17, 15) is 9.90 Å². The van der Waals surface area contributed by atoms with Crippen LogP contribution in [0, 0.1) is 13.8 Å². The van der Waals surface area contributed by atoms with Gasteiger partial charge in [0.25, 0.3) is 0 Å². The molecule has 0 bridgehead atoms. The standard InChI is InChI=1S/C11H17NO2/c1-5-11(4,10(13)14)12-8(2)6-7-9(12)3/h6-7H,5H2,1-4H3,(H,13,14). The summed E-state index contributed by atoms with van der Waals surface area (Å²) >= 11 is 0. The Morgan fingerprint density at radius 1 is 1.43 bits per heavy atom. The molecule has 0 aliphatic heterocycles. The van der Waals surface area contributed by atoms with Crippen molar-refractivity contribution < 1.29 is 9.90 Å². The van der Waals surface area contributed by atoms with E-state index in [-0.39, 0.29) is 0 Å². The van der Waals surface area contributed by atoms with Crippen LogP contribution in [0.4, 0.5) is 0 Å². The second-order valence-electron chi connectivity index (χ2n) is 3.88. The molecule has 1 N–H and O–H groups in total. The van der Waals surface area contributed by atoms with Crippen molar-refractivity contribution in [3.63, 3.8) is 0 Å². The van der Waals surface area contributed by atoms with Crippen LogP contribution >= 0.6 is 0 Å². The first-order valence-electron chi connectivity index (χ1n) is 4.82. The maximum Gasteiger partial charge on any atom is 0.329 e. The topological polar surface area (TPSA) is 42.2 Å². The minimum Gasteiger partial charge on any atom is -0.479 e. The van der Waals surface area contributed by atoms with Crippen LogP contribution in [0.2, 0.25) is 0 Å². The zero-order valence-electron chi connectivity index (χ0n) is 9.16. The highest BCUT2D eigenvalue weighted by molar-refractivity contribution is 5.76. The number of nitrogens with zero attached hydrogens (tertiary/aromatic N) is 1. The van der Waals surface area contributed by atoms with Gasteiger partial charge in [0.1, 0.15) is 5.54 Å². The molecule has 0 fully saturated rings. The lowest BCUT2D eigenvalue weighted by atomic mass is 9.98. The predicted octanol–water partition coefficient (Wildman–Crippen LogP) is 2.31. The Hall–Kier alpha value is -1.25. The quantitative estimate of drug-likeness (QED) is 0.804. The minimum absolute atomic E-state index is 0.582. The van der Waals surface area contributed by atoms with Crippen molar-refractivity contribution >= 4 is 5.97 Å². The first-order valence-corrected chi connectivity index (χ1v) is 4.82. The zero-order valence-corrected chi connectivity index (χ0v) is 9.16. The molecule has 0 spiro atoms. The van der Waals surface area contributed by atoms with Gasteiger partial charge >= 0.3 is 5.97 Å². The molecule has 0 aliphatic rings. The Labute approximate surface area is 84.4 Å². The van der Waals surface area contributed by atoms with E-state index in [1.54, 1.807) is 6.92 Å². The molecule has 1 unspecified atom stereocenters. The van der Waals surface area contributed by atoms with Crippen molar-refractivity contribution in [2.75, 3.05) is 0 Å². The van der Waals surface area contributed by atoms with Gasteiger partial charge in [-0.3, -0.25) is 0 Å². The van der Waals surface area contributed by atoms with Crippen molar-refractivity contribution in [1.29, 1.82) is 0 Å². The monoisotopic (exact) mass is 195 g/mol. The molecule has 0 aliphatic carbocycles. The molecule has 0 aromatic carbocycles. The molecule has 1 rings (SSSR count). The Balaban J connectivity index is 3.32.